The average Bonchev–Trinajstić information content (AvgIpc) is 3.42. The minimum Gasteiger partial charge on any atom is -0.462 e. The van der Waals surface area contributed by atoms with E-state index in [1.165, 1.54) is 11.3 Å². The minimum atomic E-state index is -0.350. The van der Waals surface area contributed by atoms with Crippen LogP contribution in [0.5, 0.6) is 0 Å². The largest absolute Gasteiger partial charge is 0.462 e. The maximum Gasteiger partial charge on any atom is 0.348 e. The van der Waals surface area contributed by atoms with Crippen LogP contribution in [0.3, 0.4) is 0 Å². The molecule has 3 aromatic heterocycles. The Labute approximate surface area is 265 Å². The maximum atomic E-state index is 13.8. The van der Waals surface area contributed by atoms with Crippen molar-refractivity contribution in [2.75, 3.05) is 54.6 Å². The van der Waals surface area contributed by atoms with E-state index in [9.17, 15) is 14.4 Å². The van der Waals surface area contributed by atoms with Crippen LogP contribution in [0.4, 0.5) is 17.2 Å². The van der Waals surface area contributed by atoms with Crippen molar-refractivity contribution in [3.63, 3.8) is 0 Å². The number of pyridine rings is 2. The van der Waals surface area contributed by atoms with E-state index >= 15 is 0 Å². The summed E-state index contributed by atoms with van der Waals surface area (Å²) in [5, 5.41) is 2.98. The molecule has 0 aliphatic carbocycles. The summed E-state index contributed by atoms with van der Waals surface area (Å²) in [5.41, 5.74) is 4.21. The van der Waals surface area contributed by atoms with Crippen molar-refractivity contribution in [2.45, 2.75) is 26.2 Å². The van der Waals surface area contributed by atoms with Gasteiger partial charge in [-0.1, -0.05) is 0 Å². The van der Waals surface area contributed by atoms with E-state index in [1.54, 1.807) is 66.7 Å². The fourth-order valence-electron chi connectivity index (χ4n) is 6.22. The van der Waals surface area contributed by atoms with E-state index in [4.69, 9.17) is 9.47 Å². The lowest BCUT2D eigenvalue weighted by Crippen LogP contribution is -2.51. The zero-order valence-corrected chi connectivity index (χ0v) is 25.8. The van der Waals surface area contributed by atoms with Gasteiger partial charge in [-0.15, -0.1) is 11.3 Å². The molecule has 2 fully saturated rings. The highest BCUT2D eigenvalue weighted by molar-refractivity contribution is 7.17. The van der Waals surface area contributed by atoms with Crippen LogP contribution in [-0.2, 0) is 15.9 Å². The number of anilines is 3. The third-order valence-electron chi connectivity index (χ3n) is 8.79. The van der Waals surface area contributed by atoms with Crippen LogP contribution < -0.4 is 15.1 Å². The number of carbonyl (C=O) groups is 3. The molecule has 1 aromatic carbocycles. The molecular weight excluding hydrogens is 590 g/mol. The van der Waals surface area contributed by atoms with Gasteiger partial charge in [0.1, 0.15) is 16.4 Å². The van der Waals surface area contributed by atoms with E-state index in [-0.39, 0.29) is 17.8 Å². The predicted octanol–water partition coefficient (Wildman–Crippen LogP) is 5.45. The summed E-state index contributed by atoms with van der Waals surface area (Å²) in [6.07, 6.45) is 6.04. The van der Waals surface area contributed by atoms with Gasteiger partial charge in [0.2, 0.25) is 0 Å². The van der Waals surface area contributed by atoms with Crippen LogP contribution in [0.15, 0.2) is 67.0 Å². The first kappa shape index (κ1) is 29.1. The van der Waals surface area contributed by atoms with Crippen molar-refractivity contribution in [2.24, 2.45) is 5.41 Å². The molecule has 3 aliphatic heterocycles. The van der Waals surface area contributed by atoms with Crippen LogP contribution in [0.25, 0.3) is 10.6 Å². The first-order valence-electron chi connectivity index (χ1n) is 15.2. The summed E-state index contributed by atoms with van der Waals surface area (Å²) in [4.78, 5) is 54.1. The van der Waals surface area contributed by atoms with Gasteiger partial charge in [-0.25, -0.2) is 9.78 Å². The number of esters is 1. The number of benzene rings is 1. The highest BCUT2D eigenvalue weighted by Crippen LogP contribution is 2.41. The van der Waals surface area contributed by atoms with Crippen LogP contribution >= 0.6 is 11.3 Å². The van der Waals surface area contributed by atoms with Crippen LogP contribution in [-0.4, -0.2) is 67.2 Å². The molecule has 6 heterocycles. The third kappa shape index (κ3) is 5.57. The summed E-state index contributed by atoms with van der Waals surface area (Å²) in [6.45, 7) is 5.84. The molecular formula is C34H33N5O5S. The van der Waals surface area contributed by atoms with E-state index in [0.29, 0.717) is 63.9 Å². The molecule has 2 saturated heterocycles. The number of rotatable bonds is 6. The van der Waals surface area contributed by atoms with Crippen molar-refractivity contribution < 1.29 is 23.9 Å². The Morgan fingerprint density at radius 2 is 1.76 bits per heavy atom. The molecule has 0 bridgehead atoms. The molecule has 4 aromatic rings. The van der Waals surface area contributed by atoms with Gasteiger partial charge in [-0.3, -0.25) is 14.6 Å². The summed E-state index contributed by atoms with van der Waals surface area (Å²) in [6, 6.07) is 16.0. The molecule has 7 rings (SSSR count). The third-order valence-corrected chi connectivity index (χ3v) is 9.95. The number of fused-ring (bicyclic) bond motifs is 3. The fraction of sp³-hybridized carbons (Fsp3) is 0.324. The van der Waals surface area contributed by atoms with Crippen LogP contribution in [0.1, 0.15) is 55.7 Å². The molecule has 0 atom stereocenters. The number of nitrogens with zero attached hydrogens (tertiary/aromatic N) is 4. The Morgan fingerprint density at radius 1 is 1.00 bits per heavy atom. The first-order valence-corrected chi connectivity index (χ1v) is 16.0. The van der Waals surface area contributed by atoms with Crippen molar-refractivity contribution in [1.82, 2.24) is 9.97 Å². The zero-order chi connectivity index (χ0) is 31.0. The number of hydrogen-bond acceptors (Lipinski definition) is 9. The molecule has 2 amide bonds. The minimum absolute atomic E-state index is 0.169. The molecule has 1 N–H and O–H groups in total. The molecule has 3 aliphatic rings. The highest BCUT2D eigenvalue weighted by atomic mass is 32.1. The lowest BCUT2D eigenvalue weighted by Gasteiger charge is -2.47. The predicted molar refractivity (Wildman–Crippen MR) is 172 cm³/mol. The van der Waals surface area contributed by atoms with E-state index in [1.807, 2.05) is 12.1 Å². The number of nitrogens with one attached hydrogen (secondary N) is 1. The number of hydrogen-bond donors (Lipinski definition) is 1. The van der Waals surface area contributed by atoms with Crippen molar-refractivity contribution in [3.05, 3.63) is 88.6 Å². The number of aromatic nitrogens is 2. The van der Waals surface area contributed by atoms with Gasteiger partial charge in [0.05, 0.1) is 35.9 Å². The van der Waals surface area contributed by atoms with Gasteiger partial charge in [0, 0.05) is 48.7 Å². The second kappa shape index (κ2) is 12.1. The Kier molecular flexibility index (Phi) is 7.80. The molecule has 0 saturated carbocycles. The van der Waals surface area contributed by atoms with Gasteiger partial charge in [-0.05, 0) is 86.3 Å². The topological polar surface area (TPSA) is 114 Å². The molecule has 45 heavy (non-hydrogen) atoms. The molecule has 11 heteroatoms. The maximum absolute atomic E-state index is 13.8. The summed E-state index contributed by atoms with van der Waals surface area (Å²) < 4.78 is 10.7. The quantitative estimate of drug-likeness (QED) is 0.282. The summed E-state index contributed by atoms with van der Waals surface area (Å²) in [5.74, 6) is -0.0764. The molecule has 10 nitrogen and oxygen atoms in total. The second-order valence-corrected chi connectivity index (χ2v) is 12.7. The Morgan fingerprint density at radius 3 is 2.49 bits per heavy atom. The van der Waals surface area contributed by atoms with E-state index < -0.39 is 0 Å². The first-order chi connectivity index (χ1) is 21.9. The van der Waals surface area contributed by atoms with Crippen molar-refractivity contribution in [3.8, 4) is 10.6 Å². The van der Waals surface area contributed by atoms with Crippen LogP contribution in [0.2, 0.25) is 0 Å². The Hall–Kier alpha value is -4.61. The number of thiophene rings is 1. The summed E-state index contributed by atoms with van der Waals surface area (Å²) >= 11 is 1.34. The monoisotopic (exact) mass is 623 g/mol. The van der Waals surface area contributed by atoms with E-state index in [0.717, 1.165) is 49.6 Å². The number of carbonyl (C=O) groups excluding carboxylic acids is 3. The molecule has 0 unspecified atom stereocenters. The normalized spacial score (nSPS) is 16.6. The number of amides is 2. The second-order valence-electron chi connectivity index (χ2n) is 11.6. The van der Waals surface area contributed by atoms with E-state index in [2.05, 4.69) is 20.2 Å². The van der Waals surface area contributed by atoms with Gasteiger partial charge in [0.15, 0.2) is 0 Å². The van der Waals surface area contributed by atoms with Gasteiger partial charge >= 0.3 is 5.97 Å². The smallest absolute Gasteiger partial charge is 0.348 e. The summed E-state index contributed by atoms with van der Waals surface area (Å²) in [7, 11) is 0. The lowest BCUT2D eigenvalue weighted by molar-refractivity contribution is -0.124. The van der Waals surface area contributed by atoms with Crippen molar-refractivity contribution in [1.29, 1.82) is 0 Å². The van der Waals surface area contributed by atoms with Crippen LogP contribution in [0, 0.1) is 5.41 Å². The zero-order valence-electron chi connectivity index (χ0n) is 25.0. The number of ether oxygens (including phenoxy) is 2. The highest BCUT2D eigenvalue weighted by Gasteiger charge is 2.41. The van der Waals surface area contributed by atoms with Gasteiger partial charge in [-0.2, -0.15) is 0 Å². The standard InChI is InChI=1S/C34H33N5O5S/c1-2-44-33(42)27-19-23-11-16-39(26-6-4-14-35-28(26)29(23)45-27)32(41)22-7-9-24(10-8-22)37-31(40)25-5-3-15-36-30(25)38-17-12-34(13-18-38)20-43-21-34/h3-10,14-15,19H,2,11-13,16-18,20-21H2,1H3,(H,37,40). The molecule has 1 spiro atoms. The fourth-order valence-corrected chi connectivity index (χ4v) is 7.33. The molecule has 230 valence electrons. The van der Waals surface area contributed by atoms with Crippen molar-refractivity contribution >= 4 is 46.3 Å². The average molecular weight is 624 g/mol. The lowest BCUT2D eigenvalue weighted by atomic mass is 9.77. The molecule has 0 radical (unpaired) electrons. The number of piperidine rings is 1. The SMILES string of the molecule is CCOC(=O)c1cc2c(s1)-c1ncccc1N(C(=O)c1ccc(NC(=O)c3cccnc3N3CCC4(CC3)COC4)cc1)CC2. The Balaban J connectivity index is 1.06. The van der Waals surface area contributed by atoms with Gasteiger partial charge < -0.3 is 24.6 Å². The Bertz CT molecular complexity index is 1760. The van der Waals surface area contributed by atoms with Gasteiger partial charge in [0.25, 0.3) is 11.8 Å².